The van der Waals surface area contributed by atoms with Gasteiger partial charge in [0.1, 0.15) is 12.1 Å². The van der Waals surface area contributed by atoms with E-state index in [2.05, 4.69) is 32.5 Å². The molecule has 35 heavy (non-hydrogen) atoms. The molecule has 0 bridgehead atoms. The number of guanidine groups is 1. The van der Waals surface area contributed by atoms with Crippen molar-refractivity contribution in [2.45, 2.75) is 26.7 Å². The first-order chi connectivity index (χ1) is 15.9. The number of fused-ring (bicyclic) bond motifs is 1. The minimum atomic E-state index is 0. The Morgan fingerprint density at radius 2 is 1.77 bits per heavy atom. The Labute approximate surface area is 227 Å². The van der Waals surface area contributed by atoms with Gasteiger partial charge in [-0.25, -0.2) is 9.97 Å². The van der Waals surface area contributed by atoms with Crippen LogP contribution in [0.25, 0.3) is 10.9 Å². The van der Waals surface area contributed by atoms with Crippen LogP contribution in [0.4, 0.5) is 11.5 Å². The second kappa shape index (κ2) is 13.0. The van der Waals surface area contributed by atoms with Gasteiger partial charge in [-0.3, -0.25) is 5.41 Å². The number of piperidine rings is 1. The monoisotopic (exact) mass is 666 g/mol. The average Bonchev–Trinajstić information content (AvgIpc) is 2.81. The van der Waals surface area contributed by atoms with E-state index in [1.54, 1.807) is 7.11 Å². The number of methoxy groups -OCH3 is 1. The maximum Gasteiger partial charge on any atom is 2.00 e. The Balaban J connectivity index is 0.00000216. The number of hydrogen-bond donors (Lipinski definition) is 3. The van der Waals surface area contributed by atoms with E-state index in [0.29, 0.717) is 29.8 Å². The molecule has 0 spiro atoms. The number of nitrogens with one attached hydrogen (secondary N) is 3. The van der Waals surface area contributed by atoms with Gasteiger partial charge in [-0.05, 0) is 69.9 Å². The summed E-state index contributed by atoms with van der Waals surface area (Å²) < 4.78 is 11.8. The molecule has 1 aliphatic heterocycles. The predicted octanol–water partition coefficient (Wildman–Crippen LogP) is 4.31. The summed E-state index contributed by atoms with van der Waals surface area (Å²) in [5, 5.41) is 15.4. The van der Waals surface area contributed by atoms with Crippen molar-refractivity contribution in [3.8, 4) is 11.5 Å². The van der Waals surface area contributed by atoms with E-state index in [9.17, 15) is 0 Å². The zero-order valence-electron chi connectivity index (χ0n) is 20.9. The molecule has 9 nitrogen and oxygen atoms in total. The van der Waals surface area contributed by atoms with E-state index >= 15 is 0 Å². The summed E-state index contributed by atoms with van der Waals surface area (Å²) in [5.74, 6) is 2.51. The van der Waals surface area contributed by atoms with Crippen molar-refractivity contribution < 1.29 is 42.6 Å². The van der Waals surface area contributed by atoms with Gasteiger partial charge in [0, 0.05) is 17.1 Å². The minimum Gasteiger partial charge on any atom is -2.00 e. The van der Waals surface area contributed by atoms with Crippen molar-refractivity contribution >= 4 is 28.4 Å². The van der Waals surface area contributed by atoms with Gasteiger partial charge in [0.15, 0.2) is 17.5 Å². The molecular formula is C25H32HgN6O3. The number of benzene rings is 2. The van der Waals surface area contributed by atoms with E-state index in [0.717, 1.165) is 53.6 Å². The normalized spacial score (nSPS) is 13.9. The van der Waals surface area contributed by atoms with Crippen LogP contribution in [0, 0.1) is 25.2 Å². The molecule has 0 aliphatic carbocycles. The van der Waals surface area contributed by atoms with Crippen LogP contribution in [0.15, 0.2) is 36.7 Å². The number of aromatic nitrogens is 2. The topological polar surface area (TPSA) is 124 Å². The number of hydrogen-bond acceptors (Lipinski definition) is 6. The average molecular weight is 665 g/mol. The first-order valence-corrected chi connectivity index (χ1v) is 11.3. The van der Waals surface area contributed by atoms with Crippen LogP contribution in [0.5, 0.6) is 11.5 Å². The van der Waals surface area contributed by atoms with Crippen LogP contribution in [0.3, 0.4) is 0 Å². The zero-order chi connectivity index (χ0) is 23.4. The number of likely N-dealkylation sites (tertiary alicyclic amines) is 1. The molecule has 4 rings (SSSR count). The molecule has 3 aromatic rings. The molecule has 10 heteroatoms. The molecule has 0 amide bonds. The Bertz CT molecular complexity index is 1130. The van der Waals surface area contributed by atoms with Crippen molar-refractivity contribution in [2.24, 2.45) is 5.92 Å². The molecule has 3 N–H and O–H groups in total. The van der Waals surface area contributed by atoms with E-state index in [4.69, 9.17) is 14.9 Å². The fourth-order valence-corrected chi connectivity index (χ4v) is 4.16. The maximum atomic E-state index is 8.42. The molecule has 1 aliphatic rings. The van der Waals surface area contributed by atoms with Crippen molar-refractivity contribution in [3.63, 3.8) is 0 Å². The van der Waals surface area contributed by atoms with Crippen LogP contribution in [-0.4, -0.2) is 54.7 Å². The van der Waals surface area contributed by atoms with Crippen molar-refractivity contribution in [2.75, 3.05) is 44.5 Å². The molecule has 0 saturated carbocycles. The van der Waals surface area contributed by atoms with Gasteiger partial charge in [0.25, 0.3) is 0 Å². The van der Waals surface area contributed by atoms with Crippen molar-refractivity contribution in [1.29, 1.82) is 5.41 Å². The first kappa shape index (κ1) is 28.7. The summed E-state index contributed by atoms with van der Waals surface area (Å²) >= 11 is 0. The van der Waals surface area contributed by atoms with Gasteiger partial charge in [0.2, 0.25) is 0 Å². The van der Waals surface area contributed by atoms with E-state index in [-0.39, 0.29) is 39.1 Å². The van der Waals surface area contributed by atoms with Crippen LogP contribution in [0.2, 0.25) is 0 Å². The molecular weight excluding hydrogens is 633 g/mol. The maximum absolute atomic E-state index is 8.42. The third-order valence-electron chi connectivity index (χ3n) is 6.21. The van der Waals surface area contributed by atoms with Crippen LogP contribution < -0.4 is 20.1 Å². The van der Waals surface area contributed by atoms with Crippen LogP contribution in [0.1, 0.15) is 24.0 Å². The molecule has 2 heterocycles. The summed E-state index contributed by atoms with van der Waals surface area (Å²) in [6.45, 7) is 6.90. The summed E-state index contributed by atoms with van der Waals surface area (Å²) in [4.78, 5) is 11.1. The number of nitrogens with zero attached hydrogens (tertiary/aromatic N) is 3. The van der Waals surface area contributed by atoms with Gasteiger partial charge in [0.05, 0.1) is 19.2 Å². The summed E-state index contributed by atoms with van der Waals surface area (Å²) in [6, 6.07) is 9.79. The van der Waals surface area contributed by atoms with Crippen molar-refractivity contribution in [3.05, 3.63) is 47.8 Å². The molecule has 2 aromatic carbocycles. The van der Waals surface area contributed by atoms with Crippen LogP contribution >= 0.6 is 0 Å². The number of aryl methyl sites for hydroxylation is 2. The third kappa shape index (κ3) is 7.02. The van der Waals surface area contributed by atoms with Crippen molar-refractivity contribution in [1.82, 2.24) is 14.9 Å². The van der Waals surface area contributed by atoms with E-state index < -0.39 is 0 Å². The first-order valence-electron chi connectivity index (χ1n) is 11.3. The standard InChI is InChI=1S/C25H32N6O2.Hg.O/c1-16-6-5-7-17(2)23(16)29-25(26)30-24-19-12-21(32-4)22(13-20(19)27-15-28-24)33-14-18-8-10-31(3)11-9-18;;/h5-7,12-13,15,18H,8-11,14H2,1-4H3,(H3,26,27,28,29,30);;/q;+2;-2. The largest absolute Gasteiger partial charge is 2.00 e. The third-order valence-corrected chi connectivity index (χ3v) is 6.21. The number of anilines is 2. The van der Waals surface area contributed by atoms with Crippen LogP contribution in [-0.2, 0) is 33.1 Å². The number of rotatable bonds is 6. The SMILES string of the molecule is COc1cc2c(NC(=N)Nc3c(C)cccc3C)ncnc2cc1OCC1CCN(C)CC1.[Hg+2].[O-2]. The van der Waals surface area contributed by atoms with Gasteiger partial charge >= 0.3 is 27.7 Å². The second-order valence-electron chi connectivity index (χ2n) is 8.69. The van der Waals surface area contributed by atoms with Gasteiger partial charge in [-0.2, -0.15) is 0 Å². The fourth-order valence-electron chi connectivity index (χ4n) is 4.16. The fraction of sp³-hybridized carbons (Fsp3) is 0.400. The molecule has 0 radical (unpaired) electrons. The Hall–Kier alpha value is -2.49. The summed E-state index contributed by atoms with van der Waals surface area (Å²) in [6.07, 6.45) is 3.76. The molecule has 182 valence electrons. The Morgan fingerprint density at radius 1 is 1.09 bits per heavy atom. The molecule has 0 unspecified atom stereocenters. The number of ether oxygens (including phenoxy) is 2. The summed E-state index contributed by atoms with van der Waals surface area (Å²) in [5.41, 5.74) is 3.78. The summed E-state index contributed by atoms with van der Waals surface area (Å²) in [7, 11) is 3.79. The van der Waals surface area contributed by atoms with E-state index in [1.807, 2.05) is 44.2 Å². The zero-order valence-corrected chi connectivity index (χ0v) is 26.3. The molecule has 0 atom stereocenters. The minimum absolute atomic E-state index is 0. The Morgan fingerprint density at radius 3 is 2.43 bits per heavy atom. The molecule has 1 aromatic heterocycles. The Kier molecular flexibility index (Phi) is 10.7. The quantitative estimate of drug-likeness (QED) is 0.204. The number of para-hydroxylation sites is 1. The molecule has 1 fully saturated rings. The van der Waals surface area contributed by atoms with Gasteiger partial charge in [-0.15, -0.1) is 0 Å². The molecule has 1 saturated heterocycles. The van der Waals surface area contributed by atoms with Gasteiger partial charge < -0.3 is 30.5 Å². The van der Waals surface area contributed by atoms with Gasteiger partial charge in [-0.1, -0.05) is 18.2 Å². The smallest absolute Gasteiger partial charge is 2.00 e. The predicted molar refractivity (Wildman–Crippen MR) is 133 cm³/mol. The van der Waals surface area contributed by atoms with E-state index in [1.165, 1.54) is 6.33 Å². The second-order valence-corrected chi connectivity index (χ2v) is 8.69.